The van der Waals surface area contributed by atoms with Gasteiger partial charge in [-0.05, 0) is 17.8 Å². The number of nitrogens with zero attached hydrogens (tertiary/aromatic N) is 1. The Kier molecular flexibility index (Phi) is 5.55. The number of amides is 1. The molecular formula is C12H24N2O. The molecule has 0 radical (unpaired) electrons. The molecule has 0 aromatic heterocycles. The van der Waals surface area contributed by atoms with Crippen molar-refractivity contribution >= 4 is 12.1 Å². The number of carbonyl (C=O) groups excluding carboxylic acids is 1. The van der Waals surface area contributed by atoms with Crippen LogP contribution in [0.4, 0.5) is 0 Å². The quantitative estimate of drug-likeness (QED) is 0.714. The fourth-order valence-corrected chi connectivity index (χ4v) is 1.16. The minimum atomic E-state index is -0.241. The Morgan fingerprint density at radius 1 is 1.40 bits per heavy atom. The molecule has 0 spiro atoms. The van der Waals surface area contributed by atoms with Gasteiger partial charge < -0.3 is 5.32 Å². The maximum Gasteiger partial charge on any atom is 0.244 e. The molecule has 0 aliphatic carbocycles. The smallest absolute Gasteiger partial charge is 0.244 e. The van der Waals surface area contributed by atoms with Gasteiger partial charge in [-0.3, -0.25) is 9.79 Å². The number of nitrogens with one attached hydrogen (secondary N) is 1. The highest BCUT2D eigenvalue weighted by atomic mass is 16.2. The number of hydrogen-bond donors (Lipinski definition) is 1. The molecule has 15 heavy (non-hydrogen) atoms. The first kappa shape index (κ1) is 14.1. The van der Waals surface area contributed by atoms with Crippen LogP contribution in [0.15, 0.2) is 4.99 Å². The Morgan fingerprint density at radius 2 is 1.93 bits per heavy atom. The van der Waals surface area contributed by atoms with E-state index in [4.69, 9.17) is 0 Å². The molecule has 0 unspecified atom stereocenters. The van der Waals surface area contributed by atoms with Gasteiger partial charge in [-0.15, -0.1) is 0 Å². The molecule has 0 fully saturated rings. The number of hydrogen-bond acceptors (Lipinski definition) is 2. The fraction of sp³-hybridized carbons (Fsp3) is 0.833. The lowest BCUT2D eigenvalue weighted by Gasteiger charge is -2.16. The van der Waals surface area contributed by atoms with Crippen LogP contribution in [0.3, 0.4) is 0 Å². The summed E-state index contributed by atoms with van der Waals surface area (Å²) in [4.78, 5) is 15.9. The van der Waals surface area contributed by atoms with Gasteiger partial charge in [0.1, 0.15) is 6.04 Å². The van der Waals surface area contributed by atoms with E-state index in [-0.39, 0.29) is 17.4 Å². The second kappa shape index (κ2) is 5.89. The first-order valence-electron chi connectivity index (χ1n) is 5.52. The van der Waals surface area contributed by atoms with E-state index in [1.54, 1.807) is 7.05 Å². The molecule has 0 saturated heterocycles. The zero-order chi connectivity index (χ0) is 12.1. The monoisotopic (exact) mass is 212 g/mol. The van der Waals surface area contributed by atoms with Gasteiger partial charge in [0.2, 0.25) is 5.91 Å². The average molecular weight is 212 g/mol. The summed E-state index contributed by atoms with van der Waals surface area (Å²) < 4.78 is 0. The van der Waals surface area contributed by atoms with Crippen LogP contribution in [0, 0.1) is 11.3 Å². The van der Waals surface area contributed by atoms with Crippen LogP contribution >= 0.6 is 0 Å². The zero-order valence-corrected chi connectivity index (χ0v) is 10.8. The van der Waals surface area contributed by atoms with Gasteiger partial charge in [-0.1, -0.05) is 34.6 Å². The summed E-state index contributed by atoms with van der Waals surface area (Å²) in [6.45, 7) is 10.4. The minimum Gasteiger partial charge on any atom is -0.357 e. The van der Waals surface area contributed by atoms with Crippen molar-refractivity contribution in [2.75, 3.05) is 7.05 Å². The Bertz CT molecular complexity index is 226. The molecule has 88 valence electrons. The Labute approximate surface area is 93.4 Å². The van der Waals surface area contributed by atoms with E-state index in [0.717, 1.165) is 6.42 Å². The van der Waals surface area contributed by atoms with Crippen molar-refractivity contribution < 1.29 is 4.79 Å². The molecule has 1 amide bonds. The fourth-order valence-electron chi connectivity index (χ4n) is 1.16. The van der Waals surface area contributed by atoms with Gasteiger partial charge in [-0.2, -0.15) is 0 Å². The lowest BCUT2D eigenvalue weighted by atomic mass is 9.98. The second-order valence-electron chi connectivity index (χ2n) is 5.40. The first-order valence-corrected chi connectivity index (χ1v) is 5.52. The SMILES string of the molecule is CNC(=O)[C@H](CC(C)C)/N=C/C(C)(C)C. The van der Waals surface area contributed by atoms with Crippen molar-refractivity contribution in [3.8, 4) is 0 Å². The number of rotatable bonds is 4. The molecule has 1 N–H and O–H groups in total. The van der Waals surface area contributed by atoms with Crippen LogP contribution in [0.1, 0.15) is 41.0 Å². The van der Waals surface area contributed by atoms with Gasteiger partial charge in [0.05, 0.1) is 0 Å². The van der Waals surface area contributed by atoms with Crippen molar-refractivity contribution in [2.45, 2.75) is 47.1 Å². The number of likely N-dealkylation sites (N-methyl/N-ethyl adjacent to an activating group) is 1. The van der Waals surface area contributed by atoms with E-state index in [1.807, 2.05) is 6.21 Å². The lowest BCUT2D eigenvalue weighted by molar-refractivity contribution is -0.122. The van der Waals surface area contributed by atoms with E-state index in [9.17, 15) is 4.79 Å². The molecule has 0 bridgehead atoms. The summed E-state index contributed by atoms with van der Waals surface area (Å²) in [7, 11) is 1.66. The normalized spacial score (nSPS) is 14.6. The van der Waals surface area contributed by atoms with Crippen LogP contribution in [0.5, 0.6) is 0 Å². The van der Waals surface area contributed by atoms with Crippen LogP contribution in [0.2, 0.25) is 0 Å². The molecule has 0 rings (SSSR count). The molecule has 0 aliphatic heterocycles. The van der Waals surface area contributed by atoms with Crippen molar-refractivity contribution in [1.29, 1.82) is 0 Å². The third-order valence-corrected chi connectivity index (χ3v) is 1.89. The summed E-state index contributed by atoms with van der Waals surface area (Å²) in [6.07, 6.45) is 2.67. The molecule has 0 saturated carbocycles. The Balaban J connectivity index is 4.51. The molecule has 0 aromatic carbocycles. The predicted octanol–water partition coefficient (Wildman–Crippen LogP) is 2.26. The summed E-state index contributed by atoms with van der Waals surface area (Å²) in [5.41, 5.74) is 0.0310. The first-order chi connectivity index (χ1) is 6.76. The molecule has 1 atom stereocenters. The van der Waals surface area contributed by atoms with Gasteiger partial charge in [0.25, 0.3) is 0 Å². The number of carbonyl (C=O) groups is 1. The molecule has 3 nitrogen and oxygen atoms in total. The van der Waals surface area contributed by atoms with E-state index < -0.39 is 0 Å². The van der Waals surface area contributed by atoms with Crippen molar-refractivity contribution in [3.05, 3.63) is 0 Å². The third kappa shape index (κ3) is 7.11. The van der Waals surface area contributed by atoms with Crippen LogP contribution in [-0.4, -0.2) is 25.2 Å². The largest absolute Gasteiger partial charge is 0.357 e. The zero-order valence-electron chi connectivity index (χ0n) is 10.8. The molecule has 3 heteroatoms. The van der Waals surface area contributed by atoms with E-state index in [0.29, 0.717) is 5.92 Å². The maximum atomic E-state index is 11.5. The molecule has 0 heterocycles. The van der Waals surface area contributed by atoms with Crippen LogP contribution < -0.4 is 5.32 Å². The topological polar surface area (TPSA) is 41.5 Å². The Hall–Kier alpha value is -0.860. The minimum absolute atomic E-state index is 0.00389. The van der Waals surface area contributed by atoms with Gasteiger partial charge >= 0.3 is 0 Å². The van der Waals surface area contributed by atoms with Crippen molar-refractivity contribution in [1.82, 2.24) is 5.32 Å². The lowest BCUT2D eigenvalue weighted by Crippen LogP contribution is -2.32. The summed E-state index contributed by atoms with van der Waals surface area (Å²) in [5.74, 6) is 0.480. The molecule has 0 aliphatic rings. The third-order valence-electron chi connectivity index (χ3n) is 1.89. The van der Waals surface area contributed by atoms with Gasteiger partial charge in [-0.25, -0.2) is 0 Å². The number of aliphatic imine (C=N–C) groups is 1. The average Bonchev–Trinajstić information content (AvgIpc) is 2.09. The molecule has 0 aromatic rings. The maximum absolute atomic E-state index is 11.5. The van der Waals surface area contributed by atoms with E-state index in [2.05, 4.69) is 44.9 Å². The summed E-state index contributed by atoms with van der Waals surface area (Å²) in [5, 5.41) is 2.65. The molecular weight excluding hydrogens is 188 g/mol. The standard InChI is InChI=1S/C12H24N2O/c1-9(2)7-10(11(15)13-6)14-8-12(3,4)5/h8-10H,7H2,1-6H3,(H,13,15)/b14-8+/t10-/m0/s1. The second-order valence-corrected chi connectivity index (χ2v) is 5.40. The van der Waals surface area contributed by atoms with E-state index in [1.165, 1.54) is 0 Å². The Morgan fingerprint density at radius 3 is 2.27 bits per heavy atom. The van der Waals surface area contributed by atoms with Crippen LogP contribution in [0.25, 0.3) is 0 Å². The van der Waals surface area contributed by atoms with Crippen molar-refractivity contribution in [3.63, 3.8) is 0 Å². The van der Waals surface area contributed by atoms with Gasteiger partial charge in [0.15, 0.2) is 0 Å². The van der Waals surface area contributed by atoms with Crippen LogP contribution in [-0.2, 0) is 4.79 Å². The highest BCUT2D eigenvalue weighted by molar-refractivity contribution is 5.83. The predicted molar refractivity (Wildman–Crippen MR) is 65.3 cm³/mol. The van der Waals surface area contributed by atoms with E-state index >= 15 is 0 Å². The van der Waals surface area contributed by atoms with Gasteiger partial charge in [0, 0.05) is 13.3 Å². The highest BCUT2D eigenvalue weighted by Gasteiger charge is 2.17. The summed E-state index contributed by atoms with van der Waals surface area (Å²) in [6, 6.07) is -0.241. The highest BCUT2D eigenvalue weighted by Crippen LogP contribution is 2.12. The summed E-state index contributed by atoms with van der Waals surface area (Å²) >= 11 is 0. The van der Waals surface area contributed by atoms with Crippen molar-refractivity contribution in [2.24, 2.45) is 16.3 Å².